The molecule has 0 aromatic heterocycles. The monoisotopic (exact) mass is 288 g/mol. The number of benzene rings is 1. The van der Waals surface area contributed by atoms with Crippen molar-refractivity contribution >= 4 is 0 Å². The highest BCUT2D eigenvalue weighted by Gasteiger charge is 2.20. The zero-order valence-electron chi connectivity index (χ0n) is 14.0. The van der Waals surface area contributed by atoms with E-state index in [1.807, 2.05) is 0 Å². The maximum absolute atomic E-state index is 6.42. The van der Waals surface area contributed by atoms with Crippen LogP contribution in [0.3, 0.4) is 0 Å². The number of hydrogen-bond acceptors (Lipinski definition) is 2. The first-order valence-corrected chi connectivity index (χ1v) is 8.67. The fourth-order valence-electron chi connectivity index (χ4n) is 3.41. The molecule has 0 saturated carbocycles. The molecule has 0 radical (unpaired) electrons. The van der Waals surface area contributed by atoms with E-state index in [0.29, 0.717) is 0 Å². The van der Waals surface area contributed by atoms with Crippen molar-refractivity contribution in [3.8, 4) is 0 Å². The van der Waals surface area contributed by atoms with Crippen LogP contribution < -0.4 is 5.73 Å². The van der Waals surface area contributed by atoms with Gasteiger partial charge in [0.2, 0.25) is 0 Å². The van der Waals surface area contributed by atoms with Gasteiger partial charge in [-0.3, -0.25) is 0 Å². The quantitative estimate of drug-likeness (QED) is 0.887. The lowest BCUT2D eigenvalue weighted by Crippen LogP contribution is -2.33. The van der Waals surface area contributed by atoms with Crippen LogP contribution in [0.25, 0.3) is 0 Å². The number of nitrogens with zero attached hydrogens (tertiary/aromatic N) is 1. The molecule has 1 aromatic rings. The number of rotatable bonds is 5. The third-order valence-electron chi connectivity index (χ3n) is 5.08. The highest BCUT2D eigenvalue weighted by atomic mass is 15.1. The molecule has 2 nitrogen and oxygen atoms in total. The van der Waals surface area contributed by atoms with Crippen molar-refractivity contribution in [1.29, 1.82) is 0 Å². The molecular formula is C19H32N2. The minimum atomic E-state index is 0.145. The third kappa shape index (κ3) is 4.82. The molecule has 2 N–H and O–H groups in total. The Morgan fingerprint density at radius 1 is 1.14 bits per heavy atom. The van der Waals surface area contributed by atoms with Crippen molar-refractivity contribution in [2.24, 2.45) is 17.6 Å². The summed E-state index contributed by atoms with van der Waals surface area (Å²) in [7, 11) is 0. The van der Waals surface area contributed by atoms with Crippen LogP contribution in [0, 0.1) is 11.8 Å². The molecule has 1 heterocycles. The summed E-state index contributed by atoms with van der Waals surface area (Å²) in [6.07, 6.45) is 5.14. The minimum absolute atomic E-state index is 0.145. The lowest BCUT2D eigenvalue weighted by Gasteiger charge is -2.25. The van der Waals surface area contributed by atoms with Crippen LogP contribution in [0.2, 0.25) is 0 Å². The first kappa shape index (κ1) is 16.5. The van der Waals surface area contributed by atoms with Crippen molar-refractivity contribution in [1.82, 2.24) is 4.90 Å². The van der Waals surface area contributed by atoms with Crippen LogP contribution in [0.5, 0.6) is 0 Å². The first-order valence-electron chi connectivity index (χ1n) is 8.67. The molecule has 0 spiro atoms. The van der Waals surface area contributed by atoms with E-state index in [1.54, 1.807) is 0 Å². The lowest BCUT2D eigenvalue weighted by molar-refractivity contribution is 0.257. The van der Waals surface area contributed by atoms with Gasteiger partial charge in [0.1, 0.15) is 0 Å². The molecule has 0 aliphatic carbocycles. The fraction of sp³-hybridized carbons (Fsp3) is 0.684. The van der Waals surface area contributed by atoms with Crippen LogP contribution in [0.1, 0.15) is 57.2 Å². The predicted octanol–water partition coefficient (Wildman–Crippen LogP) is 4.01. The summed E-state index contributed by atoms with van der Waals surface area (Å²) in [5.74, 6) is 1.72. The second-order valence-corrected chi connectivity index (χ2v) is 6.94. The molecule has 1 aromatic carbocycles. The molecule has 1 aliphatic rings. The smallest absolute Gasteiger partial charge is 0.0424 e. The molecular weight excluding hydrogens is 256 g/mol. The molecule has 2 rings (SSSR count). The zero-order valence-corrected chi connectivity index (χ0v) is 14.0. The van der Waals surface area contributed by atoms with Crippen molar-refractivity contribution < 1.29 is 0 Å². The topological polar surface area (TPSA) is 29.3 Å². The molecule has 2 atom stereocenters. The minimum Gasteiger partial charge on any atom is -0.323 e. The number of likely N-dealkylation sites (tertiary alicyclic amines) is 1. The van der Waals surface area contributed by atoms with E-state index in [1.165, 1.54) is 43.5 Å². The standard InChI is InChI=1S/C19H32N2/c1-4-16-7-9-18(10-8-16)19(20)14-21-12-5-6-17(11-13-21)15(2)3/h7-10,15,17,19H,4-6,11-14,20H2,1-3H3. The third-order valence-corrected chi connectivity index (χ3v) is 5.08. The first-order chi connectivity index (χ1) is 10.1. The molecule has 1 saturated heterocycles. The predicted molar refractivity (Wildman–Crippen MR) is 91.4 cm³/mol. The summed E-state index contributed by atoms with van der Waals surface area (Å²) in [5.41, 5.74) is 9.09. The maximum Gasteiger partial charge on any atom is 0.0424 e. The highest BCUT2D eigenvalue weighted by Crippen LogP contribution is 2.25. The Balaban J connectivity index is 1.88. The highest BCUT2D eigenvalue weighted by molar-refractivity contribution is 5.25. The van der Waals surface area contributed by atoms with Gasteiger partial charge in [0.05, 0.1) is 0 Å². The van der Waals surface area contributed by atoms with E-state index in [4.69, 9.17) is 5.73 Å². The average Bonchev–Trinajstić information content (AvgIpc) is 2.73. The average molecular weight is 288 g/mol. The Morgan fingerprint density at radius 3 is 2.48 bits per heavy atom. The Kier molecular flexibility index (Phi) is 6.25. The summed E-state index contributed by atoms with van der Waals surface area (Å²) in [6.45, 7) is 10.3. The molecule has 2 heteroatoms. The molecule has 1 fully saturated rings. The number of aryl methyl sites for hydroxylation is 1. The SMILES string of the molecule is CCc1ccc(C(N)CN2CCCC(C(C)C)CC2)cc1. The molecule has 0 bridgehead atoms. The van der Waals surface area contributed by atoms with Gasteiger partial charge in [0.25, 0.3) is 0 Å². The molecule has 1 aliphatic heterocycles. The summed E-state index contributed by atoms with van der Waals surface area (Å²) in [5, 5.41) is 0. The molecule has 2 unspecified atom stereocenters. The Bertz CT molecular complexity index is 410. The largest absolute Gasteiger partial charge is 0.323 e. The second kappa shape index (κ2) is 7.95. The van der Waals surface area contributed by atoms with Gasteiger partial charge in [-0.15, -0.1) is 0 Å². The summed E-state index contributed by atoms with van der Waals surface area (Å²) < 4.78 is 0. The van der Waals surface area contributed by atoms with E-state index in [2.05, 4.69) is 49.9 Å². The van der Waals surface area contributed by atoms with Crippen molar-refractivity contribution in [2.45, 2.75) is 52.5 Å². The van der Waals surface area contributed by atoms with Gasteiger partial charge < -0.3 is 10.6 Å². The second-order valence-electron chi connectivity index (χ2n) is 6.94. The van der Waals surface area contributed by atoms with Crippen LogP contribution in [0.15, 0.2) is 24.3 Å². The molecule has 118 valence electrons. The van der Waals surface area contributed by atoms with E-state index >= 15 is 0 Å². The van der Waals surface area contributed by atoms with E-state index in [0.717, 1.165) is 24.8 Å². The maximum atomic E-state index is 6.42. The van der Waals surface area contributed by atoms with Crippen molar-refractivity contribution in [3.05, 3.63) is 35.4 Å². The van der Waals surface area contributed by atoms with Gasteiger partial charge in [0, 0.05) is 12.6 Å². The van der Waals surface area contributed by atoms with Crippen LogP contribution >= 0.6 is 0 Å². The Hall–Kier alpha value is -0.860. The van der Waals surface area contributed by atoms with Gasteiger partial charge in [-0.25, -0.2) is 0 Å². The number of nitrogens with two attached hydrogens (primary N) is 1. The van der Waals surface area contributed by atoms with E-state index in [-0.39, 0.29) is 6.04 Å². The van der Waals surface area contributed by atoms with Crippen molar-refractivity contribution in [2.75, 3.05) is 19.6 Å². The molecule has 21 heavy (non-hydrogen) atoms. The van der Waals surface area contributed by atoms with Gasteiger partial charge in [-0.05, 0) is 61.7 Å². The summed E-state index contributed by atoms with van der Waals surface area (Å²) in [6, 6.07) is 8.99. The normalized spacial score (nSPS) is 22.2. The van der Waals surface area contributed by atoms with Gasteiger partial charge in [0.15, 0.2) is 0 Å². The van der Waals surface area contributed by atoms with Gasteiger partial charge in [-0.2, -0.15) is 0 Å². The van der Waals surface area contributed by atoms with Gasteiger partial charge in [-0.1, -0.05) is 45.0 Å². The Labute approximate surface area is 130 Å². The lowest BCUT2D eigenvalue weighted by atomic mass is 9.89. The van der Waals surface area contributed by atoms with Crippen LogP contribution in [0.4, 0.5) is 0 Å². The van der Waals surface area contributed by atoms with E-state index < -0.39 is 0 Å². The number of hydrogen-bond donors (Lipinski definition) is 1. The summed E-state index contributed by atoms with van der Waals surface area (Å²) in [4.78, 5) is 2.57. The Morgan fingerprint density at radius 2 is 1.86 bits per heavy atom. The van der Waals surface area contributed by atoms with E-state index in [9.17, 15) is 0 Å². The van der Waals surface area contributed by atoms with Gasteiger partial charge >= 0.3 is 0 Å². The zero-order chi connectivity index (χ0) is 15.2. The van der Waals surface area contributed by atoms with Crippen LogP contribution in [-0.4, -0.2) is 24.5 Å². The molecule has 0 amide bonds. The fourth-order valence-corrected chi connectivity index (χ4v) is 3.41. The summed E-state index contributed by atoms with van der Waals surface area (Å²) >= 11 is 0. The van der Waals surface area contributed by atoms with Crippen LogP contribution in [-0.2, 0) is 6.42 Å². The van der Waals surface area contributed by atoms with Crippen molar-refractivity contribution in [3.63, 3.8) is 0 Å².